The Labute approximate surface area is 139 Å². The number of carbonyl (C=O) groups excluding carboxylic acids is 1. The molecule has 1 heterocycles. The first kappa shape index (κ1) is 16.6. The summed E-state index contributed by atoms with van der Waals surface area (Å²) in [7, 11) is 0. The van der Waals surface area contributed by atoms with Crippen molar-refractivity contribution in [2.75, 3.05) is 10.6 Å². The Kier molecular flexibility index (Phi) is 4.94. The lowest BCUT2D eigenvalue weighted by Crippen LogP contribution is -2.27. The Morgan fingerprint density at radius 1 is 1.09 bits per heavy atom. The van der Waals surface area contributed by atoms with Crippen molar-refractivity contribution < 1.29 is 4.79 Å². The van der Waals surface area contributed by atoms with Crippen LogP contribution >= 0.6 is 23.2 Å². The number of hydrogen-bond acceptors (Lipinski definition) is 3. The van der Waals surface area contributed by atoms with Crippen molar-refractivity contribution in [3.8, 4) is 0 Å². The summed E-state index contributed by atoms with van der Waals surface area (Å²) in [6, 6.07) is 8.79. The van der Waals surface area contributed by atoms with Gasteiger partial charge in [-0.25, -0.2) is 4.98 Å². The lowest BCUT2D eigenvalue weighted by atomic mass is 9.96. The van der Waals surface area contributed by atoms with Crippen molar-refractivity contribution in [1.82, 2.24) is 4.98 Å². The second-order valence-electron chi connectivity index (χ2n) is 5.86. The number of benzene rings is 1. The van der Waals surface area contributed by atoms with E-state index in [9.17, 15) is 4.79 Å². The highest BCUT2D eigenvalue weighted by molar-refractivity contribution is 6.39. The second-order valence-corrected chi connectivity index (χ2v) is 6.67. The average molecular weight is 338 g/mol. The van der Waals surface area contributed by atoms with Gasteiger partial charge in [-0.2, -0.15) is 0 Å². The summed E-state index contributed by atoms with van der Waals surface area (Å²) in [6.07, 6.45) is 1.61. The molecule has 2 aromatic rings. The van der Waals surface area contributed by atoms with Crippen molar-refractivity contribution in [2.45, 2.75) is 20.8 Å². The molecule has 6 heteroatoms. The zero-order valence-electron chi connectivity index (χ0n) is 12.6. The second kappa shape index (κ2) is 6.55. The van der Waals surface area contributed by atoms with Crippen LogP contribution in [0.4, 0.5) is 17.2 Å². The topological polar surface area (TPSA) is 54.0 Å². The molecule has 4 nitrogen and oxygen atoms in total. The van der Waals surface area contributed by atoms with Crippen LogP contribution in [0.5, 0.6) is 0 Å². The number of para-hydroxylation sites is 1. The van der Waals surface area contributed by atoms with Crippen LogP contribution in [-0.4, -0.2) is 10.9 Å². The zero-order valence-corrected chi connectivity index (χ0v) is 14.1. The molecule has 1 aromatic carbocycles. The number of aromatic nitrogens is 1. The molecule has 0 aliphatic carbocycles. The number of amides is 1. The van der Waals surface area contributed by atoms with Gasteiger partial charge in [-0.05, 0) is 24.3 Å². The molecule has 0 aliphatic rings. The SMILES string of the molecule is CC(C)(C)C(=O)Nc1ccc(Nc2c(Cl)cccc2Cl)cn1. The van der Waals surface area contributed by atoms with E-state index in [1.54, 1.807) is 36.5 Å². The summed E-state index contributed by atoms with van der Waals surface area (Å²) in [4.78, 5) is 16.1. The number of hydrogen-bond donors (Lipinski definition) is 2. The van der Waals surface area contributed by atoms with E-state index in [-0.39, 0.29) is 5.91 Å². The van der Waals surface area contributed by atoms with E-state index >= 15 is 0 Å². The third kappa shape index (κ3) is 4.12. The third-order valence-corrected chi connectivity index (χ3v) is 3.55. The zero-order chi connectivity index (χ0) is 16.3. The van der Waals surface area contributed by atoms with E-state index in [1.165, 1.54) is 0 Å². The molecule has 0 fully saturated rings. The lowest BCUT2D eigenvalue weighted by molar-refractivity contribution is -0.123. The van der Waals surface area contributed by atoms with Gasteiger partial charge < -0.3 is 10.6 Å². The smallest absolute Gasteiger partial charge is 0.230 e. The molecule has 116 valence electrons. The maximum absolute atomic E-state index is 11.9. The van der Waals surface area contributed by atoms with Gasteiger partial charge in [0, 0.05) is 5.41 Å². The van der Waals surface area contributed by atoms with Crippen LogP contribution in [0.1, 0.15) is 20.8 Å². The molecule has 2 N–H and O–H groups in total. The fraction of sp³-hybridized carbons (Fsp3) is 0.250. The minimum atomic E-state index is -0.469. The number of pyridine rings is 1. The summed E-state index contributed by atoms with van der Waals surface area (Å²) in [6.45, 7) is 5.53. The van der Waals surface area contributed by atoms with Gasteiger partial charge in [-0.3, -0.25) is 4.79 Å². The normalized spacial score (nSPS) is 11.1. The summed E-state index contributed by atoms with van der Waals surface area (Å²) in [5, 5.41) is 6.93. The Bertz CT molecular complexity index is 659. The number of nitrogens with zero attached hydrogens (tertiary/aromatic N) is 1. The monoisotopic (exact) mass is 337 g/mol. The molecular weight excluding hydrogens is 321 g/mol. The molecule has 22 heavy (non-hydrogen) atoms. The van der Waals surface area contributed by atoms with Gasteiger partial charge in [0.25, 0.3) is 0 Å². The molecule has 0 atom stereocenters. The molecule has 0 unspecified atom stereocenters. The summed E-state index contributed by atoms with van der Waals surface area (Å²) >= 11 is 12.2. The fourth-order valence-corrected chi connectivity index (χ4v) is 2.10. The van der Waals surface area contributed by atoms with Crippen LogP contribution in [0.25, 0.3) is 0 Å². The van der Waals surface area contributed by atoms with Crippen molar-refractivity contribution in [1.29, 1.82) is 0 Å². The van der Waals surface area contributed by atoms with Crippen LogP contribution < -0.4 is 10.6 Å². The van der Waals surface area contributed by atoms with E-state index in [0.29, 0.717) is 21.6 Å². The van der Waals surface area contributed by atoms with Gasteiger partial charge >= 0.3 is 0 Å². The van der Waals surface area contributed by atoms with Crippen LogP contribution in [0.3, 0.4) is 0 Å². The molecular formula is C16H17Cl2N3O. The number of halogens is 2. The molecule has 0 saturated carbocycles. The van der Waals surface area contributed by atoms with Gasteiger partial charge in [-0.1, -0.05) is 50.0 Å². The molecule has 0 saturated heterocycles. The minimum absolute atomic E-state index is 0.0881. The molecule has 2 rings (SSSR count). The summed E-state index contributed by atoms with van der Waals surface area (Å²) < 4.78 is 0. The van der Waals surface area contributed by atoms with Crippen molar-refractivity contribution >= 4 is 46.3 Å². The maximum Gasteiger partial charge on any atom is 0.230 e. The summed E-state index contributed by atoms with van der Waals surface area (Å²) in [5.74, 6) is 0.408. The first-order chi connectivity index (χ1) is 10.3. The predicted octanol–water partition coefficient (Wildman–Crippen LogP) is 5.12. The van der Waals surface area contributed by atoms with Gasteiger partial charge in [0.1, 0.15) is 5.82 Å². The minimum Gasteiger partial charge on any atom is -0.352 e. The van der Waals surface area contributed by atoms with Crippen LogP contribution in [0.15, 0.2) is 36.5 Å². The highest BCUT2D eigenvalue weighted by Crippen LogP contribution is 2.32. The highest BCUT2D eigenvalue weighted by Gasteiger charge is 2.21. The van der Waals surface area contributed by atoms with Crippen LogP contribution in [0.2, 0.25) is 10.0 Å². The lowest BCUT2D eigenvalue weighted by Gasteiger charge is -2.17. The van der Waals surface area contributed by atoms with E-state index < -0.39 is 5.41 Å². The van der Waals surface area contributed by atoms with Gasteiger partial charge in [-0.15, -0.1) is 0 Å². The first-order valence-corrected chi connectivity index (χ1v) is 7.51. The number of rotatable bonds is 3. The van der Waals surface area contributed by atoms with Gasteiger partial charge in [0.2, 0.25) is 5.91 Å². The first-order valence-electron chi connectivity index (χ1n) is 6.76. The molecule has 1 aromatic heterocycles. The Morgan fingerprint density at radius 3 is 2.23 bits per heavy atom. The Morgan fingerprint density at radius 2 is 1.73 bits per heavy atom. The highest BCUT2D eigenvalue weighted by atomic mass is 35.5. The number of nitrogens with one attached hydrogen (secondary N) is 2. The largest absolute Gasteiger partial charge is 0.352 e. The van der Waals surface area contributed by atoms with Gasteiger partial charge in [0.15, 0.2) is 0 Å². The van der Waals surface area contributed by atoms with E-state index in [2.05, 4.69) is 15.6 Å². The third-order valence-electron chi connectivity index (χ3n) is 2.92. The van der Waals surface area contributed by atoms with Crippen LogP contribution in [-0.2, 0) is 4.79 Å². The number of carbonyl (C=O) groups is 1. The molecule has 0 aliphatic heterocycles. The molecule has 0 bridgehead atoms. The molecule has 0 radical (unpaired) electrons. The van der Waals surface area contributed by atoms with Crippen molar-refractivity contribution in [3.05, 3.63) is 46.6 Å². The fourth-order valence-electron chi connectivity index (χ4n) is 1.61. The predicted molar refractivity (Wildman–Crippen MR) is 92.1 cm³/mol. The average Bonchev–Trinajstić information content (AvgIpc) is 2.44. The number of anilines is 3. The standard InChI is InChI=1S/C16H17Cl2N3O/c1-16(2,3)15(22)21-13-8-7-10(9-19-13)20-14-11(17)5-4-6-12(14)18/h4-9,20H,1-3H3,(H,19,21,22). The molecule has 0 spiro atoms. The maximum atomic E-state index is 11.9. The Balaban J connectivity index is 2.11. The van der Waals surface area contributed by atoms with E-state index in [4.69, 9.17) is 23.2 Å². The summed E-state index contributed by atoms with van der Waals surface area (Å²) in [5.41, 5.74) is 0.881. The van der Waals surface area contributed by atoms with E-state index in [0.717, 1.165) is 5.69 Å². The van der Waals surface area contributed by atoms with Gasteiger partial charge in [0.05, 0.1) is 27.6 Å². The quantitative estimate of drug-likeness (QED) is 0.817. The van der Waals surface area contributed by atoms with Crippen LogP contribution in [0, 0.1) is 5.41 Å². The van der Waals surface area contributed by atoms with E-state index in [1.807, 2.05) is 20.8 Å². The molecule has 1 amide bonds. The van der Waals surface area contributed by atoms with Crippen molar-refractivity contribution in [3.63, 3.8) is 0 Å². The van der Waals surface area contributed by atoms with Crippen molar-refractivity contribution in [2.24, 2.45) is 5.41 Å². The Hall–Kier alpha value is -1.78.